The van der Waals surface area contributed by atoms with Gasteiger partial charge < -0.3 is 35.1 Å². The van der Waals surface area contributed by atoms with E-state index in [2.05, 4.69) is 9.97 Å². The van der Waals surface area contributed by atoms with Crippen molar-refractivity contribution in [2.45, 2.75) is 39.5 Å². The second-order valence-electron chi connectivity index (χ2n) is 10.9. The Morgan fingerprint density at radius 3 is 1.58 bits per heavy atom. The van der Waals surface area contributed by atoms with Gasteiger partial charge in [0.1, 0.15) is 11.3 Å². The minimum atomic E-state index is -1.43. The van der Waals surface area contributed by atoms with Gasteiger partial charge in [-0.05, 0) is 59.9 Å². The summed E-state index contributed by atoms with van der Waals surface area (Å²) >= 11 is 0. The summed E-state index contributed by atoms with van der Waals surface area (Å²) in [7, 11) is 7.77. The Hall–Kier alpha value is -5.32. The van der Waals surface area contributed by atoms with E-state index >= 15 is 0 Å². The number of hydrogen-bond acceptors (Lipinski definition) is 7. The topological polar surface area (TPSA) is 167 Å². The fourth-order valence-corrected chi connectivity index (χ4v) is 4.88. The summed E-state index contributed by atoms with van der Waals surface area (Å²) in [6.45, 7) is 3.94. The van der Waals surface area contributed by atoms with Crippen LogP contribution in [-0.4, -0.2) is 65.4 Å². The molecular formula is C34H40N4O7. The van der Waals surface area contributed by atoms with Crippen molar-refractivity contribution in [3.05, 3.63) is 97.6 Å². The number of carboxylic acids is 2. The molecule has 2 aromatic carbocycles. The average Bonchev–Trinajstić information content (AvgIpc) is 2.99. The van der Waals surface area contributed by atoms with Crippen LogP contribution in [-0.2, 0) is 12.8 Å². The van der Waals surface area contributed by atoms with Crippen molar-refractivity contribution in [2.24, 2.45) is 0 Å². The van der Waals surface area contributed by atoms with Gasteiger partial charge in [-0.2, -0.15) is 0 Å². The molecule has 0 saturated carbocycles. The number of nitrogens with zero attached hydrogens (tertiary/aromatic N) is 2. The van der Waals surface area contributed by atoms with E-state index < -0.39 is 34.4 Å². The van der Waals surface area contributed by atoms with Gasteiger partial charge in [0.25, 0.3) is 11.1 Å². The largest absolute Gasteiger partial charge is 0.506 e. The second kappa shape index (κ2) is 14.9. The first-order valence-electron chi connectivity index (χ1n) is 14.6. The highest BCUT2D eigenvalue weighted by Gasteiger charge is 2.22. The van der Waals surface area contributed by atoms with Gasteiger partial charge >= 0.3 is 11.9 Å². The lowest BCUT2D eigenvalue weighted by Crippen LogP contribution is -2.20. The molecule has 0 atom stereocenters. The number of aromatic amines is 2. The molecule has 2 aromatic heterocycles. The molecule has 11 heteroatoms. The minimum Gasteiger partial charge on any atom is -0.506 e. The number of aromatic nitrogens is 2. The lowest BCUT2D eigenvalue weighted by Gasteiger charge is -2.15. The molecule has 0 amide bonds. The first-order chi connectivity index (χ1) is 21.3. The minimum absolute atomic E-state index is 0.211. The third-order valence-corrected chi connectivity index (χ3v) is 7.22. The van der Waals surface area contributed by atoms with Gasteiger partial charge in [0.2, 0.25) is 0 Å². The van der Waals surface area contributed by atoms with Gasteiger partial charge in [-0.25, -0.2) is 9.59 Å². The van der Waals surface area contributed by atoms with Crippen molar-refractivity contribution in [2.75, 3.05) is 38.0 Å². The van der Waals surface area contributed by atoms with Crippen molar-refractivity contribution in [1.29, 1.82) is 0 Å². The molecule has 4 aromatic rings. The Kier molecular flexibility index (Phi) is 11.3. The molecular weight excluding hydrogens is 576 g/mol. The van der Waals surface area contributed by atoms with Crippen LogP contribution in [0.5, 0.6) is 5.75 Å². The zero-order valence-corrected chi connectivity index (χ0v) is 26.4. The number of aromatic carboxylic acids is 2. The number of anilines is 2. The number of benzene rings is 2. The maximum absolute atomic E-state index is 12.0. The number of carbonyl (C=O) groups is 2. The molecule has 4 rings (SSSR count). The molecule has 2 heterocycles. The molecule has 5 N–H and O–H groups in total. The summed E-state index contributed by atoms with van der Waals surface area (Å²) in [4.78, 5) is 55.5. The smallest absolute Gasteiger partial charge is 0.345 e. The highest BCUT2D eigenvalue weighted by atomic mass is 16.4. The van der Waals surface area contributed by atoms with Gasteiger partial charge in [-0.15, -0.1) is 0 Å². The maximum atomic E-state index is 12.0. The number of carboxylic acid groups (broad SMARTS) is 2. The molecule has 0 aliphatic heterocycles. The predicted octanol–water partition coefficient (Wildman–Crippen LogP) is 5.22. The summed E-state index contributed by atoms with van der Waals surface area (Å²) in [5.41, 5.74) is 3.92. The van der Waals surface area contributed by atoms with Crippen LogP contribution in [0.1, 0.15) is 58.5 Å². The van der Waals surface area contributed by atoms with E-state index in [1.54, 1.807) is 0 Å². The lowest BCUT2D eigenvalue weighted by molar-refractivity contribution is 0.0682. The summed E-state index contributed by atoms with van der Waals surface area (Å²) < 4.78 is 0. The zero-order valence-electron chi connectivity index (χ0n) is 26.4. The van der Waals surface area contributed by atoms with Crippen LogP contribution in [0, 0.1) is 0 Å². The number of pyridine rings is 2. The summed E-state index contributed by atoms with van der Waals surface area (Å²) in [5.74, 6) is -3.08. The van der Waals surface area contributed by atoms with Crippen LogP contribution in [0.4, 0.5) is 11.4 Å². The van der Waals surface area contributed by atoms with Gasteiger partial charge in [-0.3, -0.25) is 9.59 Å². The van der Waals surface area contributed by atoms with Crippen LogP contribution < -0.4 is 20.9 Å². The van der Waals surface area contributed by atoms with Gasteiger partial charge in [-0.1, -0.05) is 51.0 Å². The van der Waals surface area contributed by atoms with E-state index in [1.165, 1.54) is 6.07 Å². The molecule has 0 radical (unpaired) electrons. The average molecular weight is 617 g/mol. The highest BCUT2D eigenvalue weighted by molar-refractivity contribution is 5.92. The quantitative estimate of drug-likeness (QED) is 0.160. The van der Waals surface area contributed by atoms with Crippen molar-refractivity contribution in [3.63, 3.8) is 0 Å². The maximum Gasteiger partial charge on any atom is 0.345 e. The van der Waals surface area contributed by atoms with Gasteiger partial charge in [0.05, 0.1) is 11.4 Å². The van der Waals surface area contributed by atoms with E-state index in [4.69, 9.17) is 10.2 Å². The van der Waals surface area contributed by atoms with Crippen LogP contribution >= 0.6 is 0 Å². The highest BCUT2D eigenvalue weighted by Crippen LogP contribution is 2.31. The number of aromatic hydroxyl groups is 1. The molecule has 0 aliphatic rings. The van der Waals surface area contributed by atoms with Crippen LogP contribution in [0.2, 0.25) is 0 Å². The van der Waals surface area contributed by atoms with Crippen LogP contribution in [0.15, 0.2) is 64.2 Å². The molecule has 45 heavy (non-hydrogen) atoms. The number of nitrogens with one attached hydrogen (secondary N) is 2. The van der Waals surface area contributed by atoms with Crippen molar-refractivity contribution in [3.8, 4) is 28.3 Å². The normalized spacial score (nSPS) is 10.5. The fourth-order valence-electron chi connectivity index (χ4n) is 4.88. The molecule has 0 spiro atoms. The summed E-state index contributed by atoms with van der Waals surface area (Å²) in [5, 5.41) is 28.5. The number of hydrogen-bond donors (Lipinski definition) is 5. The van der Waals surface area contributed by atoms with Crippen molar-refractivity contribution in [1.82, 2.24) is 9.97 Å². The predicted molar refractivity (Wildman–Crippen MR) is 177 cm³/mol. The standard InChI is InChI=1S/C17H20N2O4.C17H20N2O3/c1-4-5-12-14(10-6-8-11(9-7-10)19(2)3)18-16(21)13(15(12)20)17(22)23;1-4-5-12-10-14(17(21)22)16(20)18-15(12)11-6-8-13(9-7-11)19(2)3/h6-9H,4-5H2,1-3H3,(H,22,23)(H2,18,20,21);6-10H,4-5H2,1-3H3,(H,18,20)(H,21,22). The molecule has 0 aliphatic carbocycles. The van der Waals surface area contributed by atoms with Crippen LogP contribution in [0.25, 0.3) is 22.5 Å². The number of rotatable bonds is 10. The first-order valence-corrected chi connectivity index (χ1v) is 14.6. The SMILES string of the molecule is CCCc1c(-c2ccc(N(C)C)cc2)[nH]c(=O)c(C(=O)O)c1O.CCCc1cc(C(=O)O)c(=O)[nH]c1-c1ccc(N(C)C)cc1. The Balaban J connectivity index is 0.000000246. The van der Waals surface area contributed by atoms with E-state index in [0.29, 0.717) is 36.2 Å². The van der Waals surface area contributed by atoms with Gasteiger partial charge in [0.15, 0.2) is 5.56 Å². The van der Waals surface area contributed by atoms with E-state index in [-0.39, 0.29) is 5.56 Å². The Bertz CT molecular complexity index is 1770. The van der Waals surface area contributed by atoms with Crippen molar-refractivity contribution < 1.29 is 24.9 Å². The van der Waals surface area contributed by atoms with Gasteiger partial charge in [0, 0.05) is 45.1 Å². The fraction of sp³-hybridized carbons (Fsp3) is 0.294. The summed E-state index contributed by atoms with van der Waals surface area (Å²) in [6, 6.07) is 16.7. The Morgan fingerprint density at radius 1 is 0.689 bits per heavy atom. The van der Waals surface area contributed by atoms with E-state index in [0.717, 1.165) is 34.5 Å². The molecule has 11 nitrogen and oxygen atoms in total. The molecule has 0 bridgehead atoms. The van der Waals surface area contributed by atoms with Crippen LogP contribution in [0.3, 0.4) is 0 Å². The van der Waals surface area contributed by atoms with E-state index in [9.17, 15) is 24.3 Å². The zero-order chi connectivity index (χ0) is 33.4. The van der Waals surface area contributed by atoms with E-state index in [1.807, 2.05) is 100 Å². The number of aryl methyl sites for hydroxylation is 1. The monoisotopic (exact) mass is 616 g/mol. The number of H-pyrrole nitrogens is 2. The Labute approximate surface area is 261 Å². The second-order valence-corrected chi connectivity index (χ2v) is 10.9. The molecule has 0 saturated heterocycles. The molecule has 0 unspecified atom stereocenters. The first kappa shape index (κ1) is 34.2. The molecule has 0 fully saturated rings. The third-order valence-electron chi connectivity index (χ3n) is 7.22. The lowest BCUT2D eigenvalue weighted by atomic mass is 9.99. The third kappa shape index (κ3) is 7.99. The van der Waals surface area contributed by atoms with Crippen molar-refractivity contribution >= 4 is 23.3 Å². The molecule has 238 valence electrons. The Morgan fingerprint density at radius 2 is 1.16 bits per heavy atom. The summed E-state index contributed by atoms with van der Waals surface area (Å²) in [6.07, 6.45) is 2.75.